The first-order chi connectivity index (χ1) is 16.1. The van der Waals surface area contributed by atoms with Crippen LogP contribution < -0.4 is 15.4 Å². The highest BCUT2D eigenvalue weighted by Crippen LogP contribution is 2.43. The van der Waals surface area contributed by atoms with Gasteiger partial charge in [-0.05, 0) is 72.4 Å². The van der Waals surface area contributed by atoms with Gasteiger partial charge in [-0.1, -0.05) is 36.4 Å². The van der Waals surface area contributed by atoms with Gasteiger partial charge in [-0.15, -0.1) is 23.5 Å². The summed E-state index contributed by atoms with van der Waals surface area (Å²) in [7, 11) is 0. The number of aryl methyl sites for hydroxylation is 1. The number of carbonyl (C=O) groups excluding carboxylic acids is 2. The molecule has 0 bridgehead atoms. The van der Waals surface area contributed by atoms with Gasteiger partial charge >= 0.3 is 0 Å². The van der Waals surface area contributed by atoms with Crippen LogP contribution in [0.3, 0.4) is 0 Å². The first-order valence-electron chi connectivity index (χ1n) is 10.8. The number of anilines is 2. The third kappa shape index (κ3) is 6.55. The minimum atomic E-state index is -0.257. The van der Waals surface area contributed by atoms with Crippen molar-refractivity contribution in [3.63, 3.8) is 0 Å². The lowest BCUT2D eigenvalue weighted by atomic mass is 10.1. The molecule has 0 spiro atoms. The van der Waals surface area contributed by atoms with Crippen LogP contribution in [0.25, 0.3) is 0 Å². The van der Waals surface area contributed by atoms with Crippen molar-refractivity contribution in [2.45, 2.75) is 17.9 Å². The average molecular weight is 479 g/mol. The summed E-state index contributed by atoms with van der Waals surface area (Å²) in [6, 6.07) is 22.4. The quantitative estimate of drug-likeness (QED) is 0.427. The summed E-state index contributed by atoms with van der Waals surface area (Å²) in [5.74, 6) is 2.61. The number of amides is 2. The van der Waals surface area contributed by atoms with Crippen LogP contribution in [-0.2, 0) is 4.79 Å². The fourth-order valence-corrected chi connectivity index (χ4v) is 6.26. The molecule has 7 heteroatoms. The molecule has 1 heterocycles. The maximum absolute atomic E-state index is 12.5. The Hall–Kier alpha value is -2.90. The Morgan fingerprint density at radius 3 is 2.39 bits per heavy atom. The largest absolute Gasteiger partial charge is 0.484 e. The Morgan fingerprint density at radius 2 is 1.67 bits per heavy atom. The highest BCUT2D eigenvalue weighted by molar-refractivity contribution is 8.16. The van der Waals surface area contributed by atoms with Crippen LogP contribution in [0.4, 0.5) is 11.4 Å². The number of hydrogen-bond acceptors (Lipinski definition) is 5. The van der Waals surface area contributed by atoms with Gasteiger partial charge in [0.05, 0.1) is 4.58 Å². The number of carbonyl (C=O) groups is 2. The van der Waals surface area contributed by atoms with Crippen LogP contribution in [-0.4, -0.2) is 29.9 Å². The molecule has 1 aliphatic rings. The maximum Gasteiger partial charge on any atom is 0.262 e. The molecular weight excluding hydrogens is 452 g/mol. The van der Waals surface area contributed by atoms with E-state index < -0.39 is 0 Å². The minimum absolute atomic E-state index is 0.0910. The Labute approximate surface area is 202 Å². The smallest absolute Gasteiger partial charge is 0.262 e. The zero-order valence-corrected chi connectivity index (χ0v) is 20.0. The number of thioether (sulfide) groups is 2. The summed E-state index contributed by atoms with van der Waals surface area (Å²) in [5.41, 5.74) is 4.00. The fourth-order valence-electron chi connectivity index (χ4n) is 3.36. The van der Waals surface area contributed by atoms with Crippen molar-refractivity contribution in [3.8, 4) is 5.75 Å². The summed E-state index contributed by atoms with van der Waals surface area (Å²) in [6.45, 7) is 1.81. The van der Waals surface area contributed by atoms with Crippen molar-refractivity contribution >= 4 is 46.7 Å². The van der Waals surface area contributed by atoms with E-state index in [0.29, 0.717) is 27.3 Å². The lowest BCUT2D eigenvalue weighted by Gasteiger charge is -2.21. The molecule has 2 N–H and O–H groups in total. The fraction of sp³-hybridized carbons (Fsp3) is 0.231. The number of rotatable bonds is 7. The van der Waals surface area contributed by atoms with E-state index in [4.69, 9.17) is 4.74 Å². The molecule has 3 aromatic rings. The highest BCUT2D eigenvalue weighted by Gasteiger charge is 2.16. The minimum Gasteiger partial charge on any atom is -0.484 e. The summed E-state index contributed by atoms with van der Waals surface area (Å²) in [6.07, 6.45) is 1.27. The number of benzene rings is 3. The van der Waals surface area contributed by atoms with Gasteiger partial charge in [0.25, 0.3) is 11.8 Å². The molecular formula is C26H26N2O3S2. The van der Waals surface area contributed by atoms with Gasteiger partial charge in [-0.25, -0.2) is 0 Å². The van der Waals surface area contributed by atoms with Gasteiger partial charge in [0.1, 0.15) is 5.75 Å². The van der Waals surface area contributed by atoms with E-state index >= 15 is 0 Å². The summed E-state index contributed by atoms with van der Waals surface area (Å²) in [4.78, 5) is 24.9. The first-order valence-corrected chi connectivity index (χ1v) is 12.9. The Bertz CT molecular complexity index is 1100. The molecule has 1 saturated heterocycles. The molecule has 0 radical (unpaired) electrons. The van der Waals surface area contributed by atoms with E-state index in [1.807, 2.05) is 72.9 Å². The standard InChI is InChI=1S/C26H26N2O3S2/c1-18-8-11-21(27-25(30)19-6-3-2-4-7-19)16-23(18)28-24(29)17-31-22-12-9-20(10-13-22)26-32-14-5-15-33-26/h2-4,6-13,16,26H,5,14-15,17H2,1H3,(H,27,30)(H,28,29). The molecule has 0 aliphatic carbocycles. The van der Waals surface area contributed by atoms with Crippen LogP contribution in [0.1, 0.15) is 32.5 Å². The van der Waals surface area contributed by atoms with E-state index in [9.17, 15) is 9.59 Å². The highest BCUT2D eigenvalue weighted by atomic mass is 32.2. The van der Waals surface area contributed by atoms with Gasteiger partial charge < -0.3 is 15.4 Å². The van der Waals surface area contributed by atoms with E-state index in [-0.39, 0.29) is 18.4 Å². The lowest BCUT2D eigenvalue weighted by Crippen LogP contribution is -2.21. The van der Waals surface area contributed by atoms with Crippen LogP contribution in [0.2, 0.25) is 0 Å². The zero-order valence-electron chi connectivity index (χ0n) is 18.4. The van der Waals surface area contributed by atoms with Crippen LogP contribution in [0, 0.1) is 6.92 Å². The molecule has 0 saturated carbocycles. The SMILES string of the molecule is Cc1ccc(NC(=O)c2ccccc2)cc1NC(=O)COc1ccc(C2SCCCS2)cc1. The lowest BCUT2D eigenvalue weighted by molar-refractivity contribution is -0.118. The van der Waals surface area contributed by atoms with Gasteiger partial charge in [-0.3, -0.25) is 9.59 Å². The van der Waals surface area contributed by atoms with Crippen molar-refractivity contribution in [2.24, 2.45) is 0 Å². The second kappa shape index (κ2) is 11.3. The van der Waals surface area contributed by atoms with Crippen molar-refractivity contribution in [2.75, 3.05) is 28.7 Å². The topological polar surface area (TPSA) is 67.4 Å². The number of nitrogens with one attached hydrogen (secondary N) is 2. The molecule has 3 aromatic carbocycles. The van der Waals surface area contributed by atoms with E-state index in [1.54, 1.807) is 18.2 Å². The van der Waals surface area contributed by atoms with Gasteiger partial charge in [0.2, 0.25) is 0 Å². The Balaban J connectivity index is 1.31. The van der Waals surface area contributed by atoms with E-state index in [2.05, 4.69) is 22.8 Å². The average Bonchev–Trinajstić information content (AvgIpc) is 2.86. The molecule has 0 atom stereocenters. The van der Waals surface area contributed by atoms with Crippen LogP contribution >= 0.6 is 23.5 Å². The molecule has 1 fully saturated rings. The molecule has 5 nitrogen and oxygen atoms in total. The summed E-state index contributed by atoms with van der Waals surface area (Å²) in [5, 5.41) is 5.74. The van der Waals surface area contributed by atoms with Gasteiger partial charge in [0, 0.05) is 16.9 Å². The summed E-state index contributed by atoms with van der Waals surface area (Å²) < 4.78 is 6.16. The number of hydrogen-bond donors (Lipinski definition) is 2. The molecule has 0 unspecified atom stereocenters. The van der Waals surface area contributed by atoms with Crippen LogP contribution in [0.5, 0.6) is 5.75 Å². The molecule has 4 rings (SSSR count). The molecule has 2 amide bonds. The van der Waals surface area contributed by atoms with Gasteiger partial charge in [0.15, 0.2) is 6.61 Å². The summed E-state index contributed by atoms with van der Waals surface area (Å²) >= 11 is 3.96. The second-order valence-corrected chi connectivity index (χ2v) is 10.4. The van der Waals surface area contributed by atoms with E-state index in [0.717, 1.165) is 5.56 Å². The molecule has 1 aliphatic heterocycles. The Kier molecular flexibility index (Phi) is 7.96. The zero-order chi connectivity index (χ0) is 23.0. The second-order valence-electron chi connectivity index (χ2n) is 7.68. The van der Waals surface area contributed by atoms with Crippen molar-refractivity contribution in [3.05, 3.63) is 89.5 Å². The van der Waals surface area contributed by atoms with E-state index in [1.165, 1.54) is 23.5 Å². The van der Waals surface area contributed by atoms with Crippen molar-refractivity contribution in [1.29, 1.82) is 0 Å². The Morgan fingerprint density at radius 1 is 0.939 bits per heavy atom. The predicted molar refractivity (Wildman–Crippen MR) is 138 cm³/mol. The third-order valence-corrected chi connectivity index (χ3v) is 8.17. The molecule has 33 heavy (non-hydrogen) atoms. The molecule has 0 aromatic heterocycles. The van der Waals surface area contributed by atoms with Crippen molar-refractivity contribution < 1.29 is 14.3 Å². The monoisotopic (exact) mass is 478 g/mol. The molecule has 170 valence electrons. The normalized spacial score (nSPS) is 13.8. The third-order valence-electron chi connectivity index (χ3n) is 5.15. The van der Waals surface area contributed by atoms with Gasteiger partial charge in [-0.2, -0.15) is 0 Å². The maximum atomic E-state index is 12.5. The van der Waals surface area contributed by atoms with Crippen LogP contribution in [0.15, 0.2) is 72.8 Å². The number of ether oxygens (including phenoxy) is 1. The first kappa shape index (κ1) is 23.3. The predicted octanol–water partition coefficient (Wildman–Crippen LogP) is 6.13. The van der Waals surface area contributed by atoms with Crippen molar-refractivity contribution in [1.82, 2.24) is 0 Å².